The van der Waals surface area contributed by atoms with E-state index in [4.69, 9.17) is 5.11 Å². The molecule has 1 aliphatic carbocycles. The number of amides is 1. The first-order valence-electron chi connectivity index (χ1n) is 6.80. The van der Waals surface area contributed by atoms with Crippen molar-refractivity contribution in [3.05, 3.63) is 21.9 Å². The maximum Gasteiger partial charge on any atom is 0.252 e. The fraction of sp³-hybridized carbons (Fsp3) is 0.562. The Kier molecular flexibility index (Phi) is 3.95. The Bertz CT molecular complexity index is 561. The second-order valence-electron chi connectivity index (χ2n) is 6.32. The van der Waals surface area contributed by atoms with E-state index in [1.807, 2.05) is 11.4 Å². The molecule has 4 heteroatoms. The fourth-order valence-electron chi connectivity index (χ4n) is 2.50. The Hall–Kier alpha value is -1.31. The van der Waals surface area contributed by atoms with Gasteiger partial charge >= 0.3 is 0 Å². The highest BCUT2D eigenvalue weighted by atomic mass is 32.1. The van der Waals surface area contributed by atoms with E-state index in [0.29, 0.717) is 12.0 Å². The zero-order valence-electron chi connectivity index (χ0n) is 12.4. The quantitative estimate of drug-likeness (QED) is 0.841. The second kappa shape index (κ2) is 5.23. The van der Waals surface area contributed by atoms with Gasteiger partial charge in [-0.25, -0.2) is 0 Å². The molecule has 0 bridgehead atoms. The molecule has 3 nitrogen and oxygen atoms in total. The lowest BCUT2D eigenvalue weighted by atomic mass is 10.0. The number of carbonyl (C=O) groups excluding carboxylic acids is 1. The molecule has 1 amide bonds. The van der Waals surface area contributed by atoms with Crippen molar-refractivity contribution in [2.24, 2.45) is 10.8 Å². The molecule has 1 aromatic heterocycles. The first-order chi connectivity index (χ1) is 9.30. The number of hydrogen-bond donors (Lipinski definition) is 2. The summed E-state index contributed by atoms with van der Waals surface area (Å²) in [7, 11) is 0. The maximum absolute atomic E-state index is 12.2. The topological polar surface area (TPSA) is 49.3 Å². The first-order valence-corrected chi connectivity index (χ1v) is 7.68. The smallest absolute Gasteiger partial charge is 0.252 e. The van der Waals surface area contributed by atoms with Gasteiger partial charge in [-0.2, -0.15) is 0 Å². The lowest BCUT2D eigenvalue weighted by molar-refractivity contribution is 0.0944. The van der Waals surface area contributed by atoms with Crippen molar-refractivity contribution in [1.29, 1.82) is 0 Å². The minimum absolute atomic E-state index is 0.0277. The van der Waals surface area contributed by atoms with E-state index < -0.39 is 0 Å². The molecule has 108 valence electrons. The number of carbonyl (C=O) groups is 1. The third kappa shape index (κ3) is 2.61. The summed E-state index contributed by atoms with van der Waals surface area (Å²) in [6, 6.07) is 2.03. The summed E-state index contributed by atoms with van der Waals surface area (Å²) >= 11 is 1.46. The number of aliphatic hydroxyl groups excluding tert-OH is 1. The zero-order chi connectivity index (χ0) is 15.0. The van der Waals surface area contributed by atoms with Crippen molar-refractivity contribution in [2.45, 2.75) is 40.2 Å². The van der Waals surface area contributed by atoms with Gasteiger partial charge in [-0.05, 0) is 16.9 Å². The van der Waals surface area contributed by atoms with Crippen LogP contribution in [-0.4, -0.2) is 23.7 Å². The van der Waals surface area contributed by atoms with E-state index in [9.17, 15) is 4.79 Å². The van der Waals surface area contributed by atoms with Crippen LogP contribution >= 0.6 is 11.3 Å². The minimum Gasteiger partial charge on any atom is -0.395 e. The van der Waals surface area contributed by atoms with Gasteiger partial charge in [0.15, 0.2) is 0 Å². The standard InChI is InChI=1S/C16H21NO2S/c1-15(2)14(16(15,3)4)17-13(19)11-9-12(20-10-11)7-5-6-8-18/h9-10,14,18H,6,8H2,1-4H3,(H,17,19). The first kappa shape index (κ1) is 15.1. The Morgan fingerprint density at radius 3 is 2.60 bits per heavy atom. The van der Waals surface area contributed by atoms with Crippen LogP contribution in [0.4, 0.5) is 0 Å². The van der Waals surface area contributed by atoms with Crippen LogP contribution in [0.1, 0.15) is 49.4 Å². The highest BCUT2D eigenvalue weighted by Crippen LogP contribution is 2.62. The molecule has 1 heterocycles. The van der Waals surface area contributed by atoms with Crippen LogP contribution in [-0.2, 0) is 0 Å². The van der Waals surface area contributed by atoms with Gasteiger partial charge in [-0.15, -0.1) is 11.3 Å². The van der Waals surface area contributed by atoms with Gasteiger partial charge in [0.2, 0.25) is 0 Å². The molecule has 2 rings (SSSR count). The van der Waals surface area contributed by atoms with Gasteiger partial charge in [-0.3, -0.25) is 4.79 Å². The van der Waals surface area contributed by atoms with Gasteiger partial charge in [0.1, 0.15) is 0 Å². The normalized spacial score (nSPS) is 19.1. The highest BCUT2D eigenvalue weighted by molar-refractivity contribution is 7.10. The van der Waals surface area contributed by atoms with Crippen molar-refractivity contribution in [2.75, 3.05) is 6.61 Å². The molecular formula is C16H21NO2S. The van der Waals surface area contributed by atoms with E-state index >= 15 is 0 Å². The van der Waals surface area contributed by atoms with Crippen LogP contribution in [0.5, 0.6) is 0 Å². The summed E-state index contributed by atoms with van der Waals surface area (Å²) in [4.78, 5) is 13.1. The molecule has 1 aliphatic rings. The van der Waals surface area contributed by atoms with Gasteiger partial charge in [0, 0.05) is 17.8 Å². The molecule has 0 spiro atoms. The SMILES string of the molecule is CC1(C)C(NC(=O)c2csc(C#CCCO)c2)C1(C)C. The Morgan fingerprint density at radius 1 is 1.40 bits per heavy atom. The van der Waals surface area contributed by atoms with E-state index in [1.54, 1.807) is 0 Å². The number of thiophene rings is 1. The van der Waals surface area contributed by atoms with Crippen LogP contribution in [0.2, 0.25) is 0 Å². The van der Waals surface area contributed by atoms with E-state index in [2.05, 4.69) is 44.9 Å². The predicted molar refractivity (Wildman–Crippen MR) is 81.7 cm³/mol. The van der Waals surface area contributed by atoms with E-state index in [1.165, 1.54) is 11.3 Å². The number of hydrogen-bond acceptors (Lipinski definition) is 3. The molecule has 2 N–H and O–H groups in total. The molecule has 0 atom stereocenters. The average molecular weight is 291 g/mol. The largest absolute Gasteiger partial charge is 0.395 e. The number of aliphatic hydroxyl groups is 1. The van der Waals surface area contributed by atoms with Crippen LogP contribution in [0, 0.1) is 22.7 Å². The maximum atomic E-state index is 12.2. The second-order valence-corrected chi connectivity index (χ2v) is 7.24. The monoisotopic (exact) mass is 291 g/mol. The van der Waals surface area contributed by atoms with Crippen molar-refractivity contribution in [1.82, 2.24) is 5.32 Å². The summed E-state index contributed by atoms with van der Waals surface area (Å²) in [5.74, 6) is 5.78. The van der Waals surface area contributed by atoms with Crippen LogP contribution in [0.25, 0.3) is 0 Å². The summed E-state index contributed by atoms with van der Waals surface area (Å²) in [5.41, 5.74) is 0.951. The van der Waals surface area contributed by atoms with E-state index in [-0.39, 0.29) is 29.4 Å². The fourth-order valence-corrected chi connectivity index (χ4v) is 3.25. The van der Waals surface area contributed by atoms with Crippen LogP contribution in [0.3, 0.4) is 0 Å². The molecule has 0 saturated heterocycles. The average Bonchev–Trinajstić information content (AvgIpc) is 2.77. The van der Waals surface area contributed by atoms with Gasteiger partial charge in [0.25, 0.3) is 5.91 Å². The zero-order valence-corrected chi connectivity index (χ0v) is 13.2. The molecule has 0 aromatic carbocycles. The third-order valence-electron chi connectivity index (χ3n) is 4.61. The van der Waals surface area contributed by atoms with Gasteiger partial charge in [0.05, 0.1) is 17.0 Å². The molecule has 0 radical (unpaired) electrons. The molecular weight excluding hydrogens is 270 g/mol. The number of nitrogens with one attached hydrogen (secondary N) is 1. The van der Waals surface area contributed by atoms with Crippen molar-refractivity contribution < 1.29 is 9.90 Å². The lowest BCUT2D eigenvalue weighted by Crippen LogP contribution is -2.29. The van der Waals surface area contributed by atoms with Crippen molar-refractivity contribution >= 4 is 17.2 Å². The Balaban J connectivity index is 2.00. The summed E-state index contributed by atoms with van der Waals surface area (Å²) in [6.07, 6.45) is 0.462. The molecule has 1 aromatic rings. The summed E-state index contributed by atoms with van der Waals surface area (Å²) in [6.45, 7) is 8.78. The lowest BCUT2D eigenvalue weighted by Gasteiger charge is -2.04. The minimum atomic E-state index is -0.0277. The highest BCUT2D eigenvalue weighted by Gasteiger charge is 2.65. The third-order valence-corrected chi connectivity index (χ3v) is 5.45. The summed E-state index contributed by atoms with van der Waals surface area (Å²) < 4.78 is 0. The van der Waals surface area contributed by atoms with Crippen LogP contribution in [0.15, 0.2) is 11.4 Å². The molecule has 0 unspecified atom stereocenters. The Labute approximate surface area is 124 Å². The van der Waals surface area contributed by atoms with Gasteiger partial charge in [-0.1, -0.05) is 39.5 Å². The predicted octanol–water partition coefficient (Wildman–Crippen LogP) is 2.65. The molecule has 1 saturated carbocycles. The Morgan fingerprint density at radius 2 is 2.05 bits per heavy atom. The van der Waals surface area contributed by atoms with Crippen molar-refractivity contribution in [3.8, 4) is 11.8 Å². The summed E-state index contributed by atoms with van der Waals surface area (Å²) in [5, 5.41) is 13.6. The van der Waals surface area contributed by atoms with E-state index in [0.717, 1.165) is 4.88 Å². The van der Waals surface area contributed by atoms with Crippen molar-refractivity contribution in [3.63, 3.8) is 0 Å². The van der Waals surface area contributed by atoms with Crippen LogP contribution < -0.4 is 5.32 Å². The molecule has 1 fully saturated rings. The molecule has 0 aliphatic heterocycles. The molecule has 20 heavy (non-hydrogen) atoms. The number of rotatable bonds is 3. The van der Waals surface area contributed by atoms with Gasteiger partial charge < -0.3 is 10.4 Å².